The van der Waals surface area contributed by atoms with E-state index in [1.54, 1.807) is 12.1 Å². The Kier molecular flexibility index (Phi) is 6.34. The summed E-state index contributed by atoms with van der Waals surface area (Å²) in [5, 5.41) is 2.26. The van der Waals surface area contributed by atoms with Crippen LogP contribution in [0.25, 0.3) is 0 Å². The van der Waals surface area contributed by atoms with E-state index >= 15 is 0 Å². The highest BCUT2D eigenvalue weighted by molar-refractivity contribution is 6.32. The minimum absolute atomic E-state index is 0.457. The van der Waals surface area contributed by atoms with Gasteiger partial charge in [-0.3, -0.25) is 19.9 Å². The average Bonchev–Trinajstić information content (AvgIpc) is 2.68. The molecule has 1 atom stereocenters. The third-order valence-electron chi connectivity index (χ3n) is 5.21. The molecule has 2 saturated heterocycles. The Balaban J connectivity index is 1.65. The molecule has 0 aromatic heterocycles. The van der Waals surface area contributed by atoms with Crippen LogP contribution in [0.2, 0.25) is 0 Å². The van der Waals surface area contributed by atoms with Crippen LogP contribution in [0.4, 0.5) is 10.5 Å². The number of nitrogens with zero attached hydrogens (tertiary/aromatic N) is 2. The van der Waals surface area contributed by atoms with Gasteiger partial charge in [-0.1, -0.05) is 19.1 Å². The molecule has 0 aliphatic carbocycles. The number of piperidine rings is 1. The molecule has 2 N–H and O–H groups in total. The molecule has 2 aliphatic rings. The summed E-state index contributed by atoms with van der Waals surface area (Å²) in [5.74, 6) is -2.23. The lowest BCUT2D eigenvalue weighted by atomic mass is 10.1. The number of aryl methyl sites for hydroxylation is 1. The molecule has 27 heavy (non-hydrogen) atoms. The van der Waals surface area contributed by atoms with Gasteiger partial charge in [0, 0.05) is 6.21 Å². The molecule has 7 nitrogen and oxygen atoms in total. The molecule has 2 fully saturated rings. The smallest absolute Gasteiger partial charge is 0.333 e. The number of urea groups is 1. The lowest BCUT2D eigenvalue weighted by Crippen LogP contribution is -3.13. The van der Waals surface area contributed by atoms with E-state index in [2.05, 4.69) is 10.3 Å². The van der Waals surface area contributed by atoms with Crippen LogP contribution in [0.5, 0.6) is 0 Å². The number of nitrogens with one attached hydrogen (secondary N) is 2. The van der Waals surface area contributed by atoms with Gasteiger partial charge in [0.1, 0.15) is 0 Å². The van der Waals surface area contributed by atoms with Crippen molar-refractivity contribution in [3.63, 3.8) is 0 Å². The molecule has 3 rings (SSSR count). The van der Waals surface area contributed by atoms with Gasteiger partial charge in [-0.2, -0.15) is 0 Å². The van der Waals surface area contributed by atoms with Crippen molar-refractivity contribution in [1.29, 1.82) is 0 Å². The predicted molar refractivity (Wildman–Crippen MR) is 103 cm³/mol. The Labute approximate surface area is 159 Å². The topological polar surface area (TPSA) is 83.3 Å². The van der Waals surface area contributed by atoms with Crippen LogP contribution in [-0.4, -0.2) is 50.2 Å². The van der Waals surface area contributed by atoms with Gasteiger partial charge in [0.15, 0.2) is 5.92 Å². The Morgan fingerprint density at radius 3 is 2.52 bits per heavy atom. The van der Waals surface area contributed by atoms with E-state index in [0.717, 1.165) is 36.5 Å². The first-order chi connectivity index (χ1) is 13.1. The second-order valence-corrected chi connectivity index (χ2v) is 7.08. The molecule has 1 aromatic rings. The molecule has 0 bridgehead atoms. The van der Waals surface area contributed by atoms with Crippen LogP contribution in [0.15, 0.2) is 29.3 Å². The number of quaternary nitrogens is 1. The number of hydrogen-bond donors (Lipinski definition) is 2. The third kappa shape index (κ3) is 4.60. The zero-order valence-corrected chi connectivity index (χ0v) is 15.7. The summed E-state index contributed by atoms with van der Waals surface area (Å²) < 4.78 is 0. The second kappa shape index (κ2) is 8.90. The van der Waals surface area contributed by atoms with Crippen LogP contribution >= 0.6 is 0 Å². The maximum Gasteiger partial charge on any atom is 0.335 e. The molecular weight excluding hydrogens is 344 g/mol. The SMILES string of the molecule is CCc1ccc(N2C(=O)NC(=O)[C@@H](C=NCC[NH+]3CCCCC3)C2=O)cc1. The number of amides is 4. The molecule has 7 heteroatoms. The Morgan fingerprint density at radius 2 is 1.85 bits per heavy atom. The molecule has 1 aromatic carbocycles. The number of anilines is 1. The molecule has 2 aliphatic heterocycles. The first kappa shape index (κ1) is 19.2. The number of likely N-dealkylation sites (tertiary alicyclic amines) is 1. The summed E-state index contributed by atoms with van der Waals surface area (Å²) in [7, 11) is 0. The van der Waals surface area contributed by atoms with Gasteiger partial charge < -0.3 is 4.90 Å². The number of barbiturate groups is 1. The lowest BCUT2D eigenvalue weighted by Gasteiger charge is -2.28. The maximum absolute atomic E-state index is 12.7. The van der Waals surface area contributed by atoms with Gasteiger partial charge in [0.2, 0.25) is 5.91 Å². The molecule has 0 spiro atoms. The molecule has 144 valence electrons. The molecule has 0 saturated carbocycles. The van der Waals surface area contributed by atoms with Crippen LogP contribution in [0.1, 0.15) is 31.7 Å². The summed E-state index contributed by atoms with van der Waals surface area (Å²) in [4.78, 5) is 43.9. The minimum Gasteiger partial charge on any atom is -0.333 e. The Morgan fingerprint density at radius 1 is 1.15 bits per heavy atom. The number of imide groups is 2. The van der Waals surface area contributed by atoms with Crippen molar-refractivity contribution in [2.45, 2.75) is 32.6 Å². The van der Waals surface area contributed by atoms with Crippen molar-refractivity contribution >= 4 is 29.7 Å². The molecule has 2 heterocycles. The fourth-order valence-corrected chi connectivity index (χ4v) is 3.55. The van der Waals surface area contributed by atoms with Crippen molar-refractivity contribution in [2.75, 3.05) is 31.1 Å². The van der Waals surface area contributed by atoms with E-state index in [0.29, 0.717) is 12.2 Å². The summed E-state index contributed by atoms with van der Waals surface area (Å²) in [6.07, 6.45) is 6.05. The summed E-state index contributed by atoms with van der Waals surface area (Å²) >= 11 is 0. The molecule has 4 amide bonds. The molecular formula is C20H27N4O3+. The van der Waals surface area contributed by atoms with E-state index in [-0.39, 0.29) is 0 Å². The van der Waals surface area contributed by atoms with Crippen molar-refractivity contribution in [3.05, 3.63) is 29.8 Å². The van der Waals surface area contributed by atoms with Gasteiger partial charge in [0.25, 0.3) is 5.91 Å². The van der Waals surface area contributed by atoms with Gasteiger partial charge in [0.05, 0.1) is 31.9 Å². The van der Waals surface area contributed by atoms with Crippen molar-refractivity contribution in [1.82, 2.24) is 5.32 Å². The average molecular weight is 371 g/mol. The van der Waals surface area contributed by atoms with Gasteiger partial charge in [-0.05, 0) is 43.4 Å². The Hall–Kier alpha value is -2.54. The fourth-order valence-electron chi connectivity index (χ4n) is 3.55. The normalized spacial score (nSPS) is 21.7. The second-order valence-electron chi connectivity index (χ2n) is 7.08. The van der Waals surface area contributed by atoms with Gasteiger partial charge >= 0.3 is 6.03 Å². The summed E-state index contributed by atoms with van der Waals surface area (Å²) in [6.45, 7) is 5.83. The maximum atomic E-state index is 12.7. The van der Waals surface area contributed by atoms with Crippen LogP contribution in [0.3, 0.4) is 0 Å². The summed E-state index contributed by atoms with van der Waals surface area (Å²) in [6, 6.07) is 6.48. The number of carbonyl (C=O) groups excluding carboxylic acids is 3. The van der Waals surface area contributed by atoms with E-state index < -0.39 is 23.8 Å². The Bertz CT molecular complexity index is 723. The van der Waals surface area contributed by atoms with E-state index in [9.17, 15) is 14.4 Å². The first-order valence-corrected chi connectivity index (χ1v) is 9.71. The van der Waals surface area contributed by atoms with E-state index in [1.165, 1.54) is 30.4 Å². The number of benzene rings is 1. The predicted octanol–water partition coefficient (Wildman–Crippen LogP) is 0.588. The highest BCUT2D eigenvalue weighted by atomic mass is 16.2. The lowest BCUT2D eigenvalue weighted by molar-refractivity contribution is -0.903. The van der Waals surface area contributed by atoms with Gasteiger partial charge in [-0.25, -0.2) is 9.69 Å². The summed E-state index contributed by atoms with van der Waals surface area (Å²) in [5.41, 5.74) is 1.57. The highest BCUT2D eigenvalue weighted by Gasteiger charge is 2.40. The third-order valence-corrected chi connectivity index (χ3v) is 5.21. The standard InChI is InChI=1S/C20H26N4O3/c1-2-15-6-8-16(9-7-15)24-19(26)17(18(25)22-20(24)27)14-21-10-13-23-11-4-3-5-12-23/h6-9,14,17H,2-5,10-13H2,1H3,(H,22,25,27)/p+1/t17-/m1/s1. The van der Waals surface area contributed by atoms with E-state index in [4.69, 9.17) is 0 Å². The molecule has 0 unspecified atom stereocenters. The monoisotopic (exact) mass is 371 g/mol. The van der Waals surface area contributed by atoms with Crippen molar-refractivity contribution in [3.8, 4) is 0 Å². The quantitative estimate of drug-likeness (QED) is 0.567. The zero-order chi connectivity index (χ0) is 19.2. The van der Waals surface area contributed by atoms with Crippen LogP contribution in [0, 0.1) is 5.92 Å². The highest BCUT2D eigenvalue weighted by Crippen LogP contribution is 2.21. The minimum atomic E-state index is -1.06. The van der Waals surface area contributed by atoms with Crippen molar-refractivity contribution in [2.24, 2.45) is 10.9 Å². The van der Waals surface area contributed by atoms with Gasteiger partial charge in [-0.15, -0.1) is 0 Å². The molecule has 0 radical (unpaired) electrons. The zero-order valence-electron chi connectivity index (χ0n) is 15.7. The van der Waals surface area contributed by atoms with Crippen molar-refractivity contribution < 1.29 is 19.3 Å². The largest absolute Gasteiger partial charge is 0.335 e. The number of rotatable bonds is 6. The van der Waals surface area contributed by atoms with E-state index in [1.807, 2.05) is 19.1 Å². The van der Waals surface area contributed by atoms with Crippen LogP contribution < -0.4 is 15.1 Å². The number of aliphatic imine (C=N–C) groups is 1. The first-order valence-electron chi connectivity index (χ1n) is 9.71. The number of carbonyl (C=O) groups is 3. The van der Waals surface area contributed by atoms with Crippen LogP contribution in [-0.2, 0) is 16.0 Å². The fraction of sp³-hybridized carbons (Fsp3) is 0.500. The number of hydrogen-bond acceptors (Lipinski definition) is 4.